The lowest BCUT2D eigenvalue weighted by Gasteiger charge is -2.40. The lowest BCUT2D eigenvalue weighted by atomic mass is 9.99. The Morgan fingerprint density at radius 3 is 1.10 bits per heavy atom. The Morgan fingerprint density at radius 1 is 0.402 bits per heavy atom. The van der Waals surface area contributed by atoms with E-state index in [1.165, 1.54) is 96.3 Å². The number of hydrogen-bond donors (Lipinski definition) is 6. The summed E-state index contributed by atoms with van der Waals surface area (Å²) < 4.78 is 11.3. The lowest BCUT2D eigenvalue weighted by Crippen LogP contribution is -2.60. The molecule has 1 aliphatic rings. The van der Waals surface area contributed by atoms with Crippen LogP contribution < -0.4 is 5.32 Å². The first-order valence-corrected chi connectivity index (χ1v) is 34.9. The van der Waals surface area contributed by atoms with Crippen LogP contribution in [0.2, 0.25) is 0 Å². The van der Waals surface area contributed by atoms with Crippen LogP contribution in [-0.4, -0.2) is 87.5 Å². The minimum atomic E-state index is -1.59. The van der Waals surface area contributed by atoms with Crippen LogP contribution in [0.1, 0.15) is 258 Å². The topological polar surface area (TPSA) is 149 Å². The molecule has 7 atom stereocenters. The third-order valence-corrected chi connectivity index (χ3v) is 15.3. The van der Waals surface area contributed by atoms with Crippen molar-refractivity contribution >= 4 is 5.91 Å². The van der Waals surface area contributed by atoms with Crippen molar-refractivity contribution in [1.29, 1.82) is 0 Å². The first-order chi connectivity index (χ1) is 42.8. The zero-order chi connectivity index (χ0) is 62.8. The SMILES string of the molecule is CC/C=C\C/C=C\C/C=C\C/C=C\C/C=C\C/C=C\C/C=C\C/C=C\C/C=C\C/C=C\C/C=C\CCCCCCCC(=O)NC(COC1OC(CO)C(O)C(O)C1O)C(O)/C=C/CC/C=C/CC/C=C/CCCCCCCCCCCCCCCCC. The van der Waals surface area contributed by atoms with E-state index in [0.717, 1.165) is 135 Å². The van der Waals surface area contributed by atoms with E-state index in [1.54, 1.807) is 6.08 Å². The number of nitrogens with one attached hydrogen (secondary N) is 1. The van der Waals surface area contributed by atoms with Gasteiger partial charge in [0, 0.05) is 6.42 Å². The summed E-state index contributed by atoms with van der Waals surface area (Å²) in [4.78, 5) is 13.1. The van der Waals surface area contributed by atoms with Gasteiger partial charge in [0.2, 0.25) is 5.91 Å². The molecule has 0 aromatic heterocycles. The number of aliphatic hydroxyl groups excluding tert-OH is 5. The molecule has 7 unspecified atom stereocenters. The van der Waals surface area contributed by atoms with Gasteiger partial charge in [-0.05, 0) is 128 Å². The lowest BCUT2D eigenvalue weighted by molar-refractivity contribution is -0.302. The number of rotatable bonds is 58. The second kappa shape index (κ2) is 64.5. The van der Waals surface area contributed by atoms with E-state index in [0.29, 0.717) is 12.8 Å². The van der Waals surface area contributed by atoms with Crippen molar-refractivity contribution in [3.63, 3.8) is 0 Å². The van der Waals surface area contributed by atoms with Gasteiger partial charge in [0.05, 0.1) is 25.4 Å². The molecular weight excluding hydrogens is 1080 g/mol. The largest absolute Gasteiger partial charge is 0.394 e. The van der Waals surface area contributed by atoms with Gasteiger partial charge < -0.3 is 40.3 Å². The maximum absolute atomic E-state index is 13.1. The molecule has 0 saturated carbocycles. The van der Waals surface area contributed by atoms with Crippen molar-refractivity contribution in [2.75, 3.05) is 13.2 Å². The number of allylic oxidation sites excluding steroid dienone is 27. The highest BCUT2D eigenvalue weighted by atomic mass is 16.7. The summed E-state index contributed by atoms with van der Waals surface area (Å²) in [6.07, 6.45) is 95.9. The van der Waals surface area contributed by atoms with Gasteiger partial charge >= 0.3 is 0 Å². The van der Waals surface area contributed by atoms with Gasteiger partial charge in [-0.25, -0.2) is 0 Å². The smallest absolute Gasteiger partial charge is 0.220 e. The molecule has 6 N–H and O–H groups in total. The van der Waals surface area contributed by atoms with Crippen LogP contribution in [0.25, 0.3) is 0 Å². The molecule has 1 heterocycles. The number of carbonyl (C=O) groups excluding carboxylic acids is 1. The normalized spacial score (nSPS) is 19.1. The van der Waals surface area contributed by atoms with Gasteiger partial charge in [-0.15, -0.1) is 0 Å². The summed E-state index contributed by atoms with van der Waals surface area (Å²) in [6, 6.07) is -0.854. The van der Waals surface area contributed by atoms with Crippen molar-refractivity contribution < 1.29 is 39.8 Å². The molecule has 0 aromatic rings. The van der Waals surface area contributed by atoms with Crippen LogP contribution in [0.5, 0.6) is 0 Å². The molecule has 9 nitrogen and oxygen atoms in total. The molecule has 1 amide bonds. The molecule has 0 aromatic carbocycles. The van der Waals surface area contributed by atoms with E-state index >= 15 is 0 Å². The van der Waals surface area contributed by atoms with Gasteiger partial charge in [-0.2, -0.15) is 0 Å². The standard InChI is InChI=1S/C78H127NO8/c1-3-5-7-9-11-13-15-17-19-21-23-25-27-29-30-31-32-33-34-35-36-37-38-39-40-41-42-44-46-48-50-52-54-56-58-60-62-64-66-68-74(82)79-71(70-86-78-77(85)76(84)75(83)73(69-80)87-78)72(81)67-65-63-61-59-57-55-53-51-49-47-45-43-28-26-24-22-20-18-16-14-12-10-8-6-4-2/h5,7,11,13,17,19,23,25,29-30,32-33,35-36,38-39,41-42,46,48-49,51-52,54,57,59,65,67,71-73,75-78,80-81,83-85H,3-4,6,8-10,12,14-16,18,20-22,24,26-28,31,34,37,40,43-45,47,50,53,55-56,58,60-64,66,68-70H2,1-2H3,(H,79,82)/b7-5-,13-11-,19-17-,25-23-,30-29-,33-32-,36-35-,39-38-,42-41-,48-46-,51-49+,54-52-,59-57+,67-65+. The van der Waals surface area contributed by atoms with Gasteiger partial charge in [-0.1, -0.05) is 293 Å². The highest BCUT2D eigenvalue weighted by molar-refractivity contribution is 5.76. The molecule has 0 bridgehead atoms. The number of hydrogen-bond acceptors (Lipinski definition) is 8. The Balaban J connectivity index is 2.23. The molecule has 492 valence electrons. The first-order valence-electron chi connectivity index (χ1n) is 34.9. The molecule has 0 aliphatic carbocycles. The molecular formula is C78H127NO8. The Morgan fingerprint density at radius 2 is 0.724 bits per heavy atom. The average Bonchev–Trinajstić information content (AvgIpc) is 3.38. The second-order valence-electron chi connectivity index (χ2n) is 23.2. The van der Waals surface area contributed by atoms with E-state index in [4.69, 9.17) is 9.47 Å². The maximum atomic E-state index is 13.1. The maximum Gasteiger partial charge on any atom is 0.220 e. The van der Waals surface area contributed by atoms with Crippen LogP contribution in [0.15, 0.2) is 170 Å². The first kappa shape index (κ1) is 80.6. The number of ether oxygens (including phenoxy) is 2. The predicted octanol–water partition coefficient (Wildman–Crippen LogP) is 19.3. The Labute approximate surface area is 532 Å². The van der Waals surface area contributed by atoms with Crippen molar-refractivity contribution in [2.24, 2.45) is 0 Å². The molecule has 87 heavy (non-hydrogen) atoms. The fraction of sp³-hybridized carbons (Fsp3) is 0.628. The van der Waals surface area contributed by atoms with E-state index < -0.39 is 49.5 Å². The minimum Gasteiger partial charge on any atom is -0.394 e. The zero-order valence-electron chi connectivity index (χ0n) is 55.0. The Hall–Kier alpha value is -4.45. The highest BCUT2D eigenvalue weighted by Crippen LogP contribution is 2.23. The monoisotopic (exact) mass is 1210 g/mol. The summed E-state index contributed by atoms with van der Waals surface area (Å²) in [6.45, 7) is 3.64. The number of unbranched alkanes of at least 4 members (excludes halogenated alkanes) is 22. The van der Waals surface area contributed by atoms with E-state index in [9.17, 15) is 30.3 Å². The quantitative estimate of drug-likeness (QED) is 0.0261. The van der Waals surface area contributed by atoms with Crippen molar-refractivity contribution in [3.05, 3.63) is 170 Å². The number of amides is 1. The van der Waals surface area contributed by atoms with E-state index in [-0.39, 0.29) is 12.5 Å². The van der Waals surface area contributed by atoms with Crippen molar-refractivity contribution in [1.82, 2.24) is 5.32 Å². The summed E-state index contributed by atoms with van der Waals surface area (Å²) in [5.41, 5.74) is 0. The van der Waals surface area contributed by atoms with Crippen molar-refractivity contribution in [3.8, 4) is 0 Å². The average molecular weight is 1210 g/mol. The van der Waals surface area contributed by atoms with Crippen LogP contribution in [0, 0.1) is 0 Å². The van der Waals surface area contributed by atoms with Gasteiger partial charge in [-0.3, -0.25) is 4.79 Å². The molecule has 0 radical (unpaired) electrons. The third-order valence-electron chi connectivity index (χ3n) is 15.3. The van der Waals surface area contributed by atoms with Crippen molar-refractivity contribution in [2.45, 2.75) is 301 Å². The molecule has 1 fully saturated rings. The fourth-order valence-corrected chi connectivity index (χ4v) is 9.84. The number of aliphatic hydroxyl groups is 5. The summed E-state index contributed by atoms with van der Waals surface area (Å²) in [5.74, 6) is -0.215. The highest BCUT2D eigenvalue weighted by Gasteiger charge is 2.44. The molecule has 0 spiro atoms. The fourth-order valence-electron chi connectivity index (χ4n) is 9.84. The molecule has 9 heteroatoms. The molecule has 1 aliphatic heterocycles. The summed E-state index contributed by atoms with van der Waals surface area (Å²) >= 11 is 0. The Bertz CT molecular complexity index is 1980. The van der Waals surface area contributed by atoms with Crippen LogP contribution in [0.4, 0.5) is 0 Å². The van der Waals surface area contributed by atoms with Crippen LogP contribution >= 0.6 is 0 Å². The summed E-state index contributed by atoms with van der Waals surface area (Å²) in [5, 5.41) is 54.7. The second-order valence-corrected chi connectivity index (χ2v) is 23.2. The van der Waals surface area contributed by atoms with E-state index in [1.807, 2.05) is 6.08 Å². The minimum absolute atomic E-state index is 0.215. The molecule has 1 saturated heterocycles. The molecule has 1 rings (SSSR count). The zero-order valence-corrected chi connectivity index (χ0v) is 55.0. The van der Waals surface area contributed by atoms with Crippen LogP contribution in [-0.2, 0) is 14.3 Å². The third kappa shape index (κ3) is 53.1. The van der Waals surface area contributed by atoms with Gasteiger partial charge in [0.15, 0.2) is 6.29 Å². The van der Waals surface area contributed by atoms with E-state index in [2.05, 4.69) is 177 Å². The van der Waals surface area contributed by atoms with Gasteiger partial charge in [0.1, 0.15) is 24.4 Å². The predicted molar refractivity (Wildman–Crippen MR) is 372 cm³/mol. The number of carbonyl (C=O) groups is 1. The Kier molecular flexibility index (Phi) is 59.8. The summed E-state index contributed by atoms with van der Waals surface area (Å²) in [7, 11) is 0. The van der Waals surface area contributed by atoms with Gasteiger partial charge in [0.25, 0.3) is 0 Å². The van der Waals surface area contributed by atoms with Crippen LogP contribution in [0.3, 0.4) is 0 Å².